The number of hydrogen-bond acceptors (Lipinski definition) is 3. The van der Waals surface area contributed by atoms with Crippen molar-refractivity contribution in [3.63, 3.8) is 0 Å². The van der Waals surface area contributed by atoms with Crippen LogP contribution in [0.2, 0.25) is 0 Å². The minimum Gasteiger partial charge on any atom is -0.506 e. The Hall–Kier alpha value is -2.00. The number of aryl methyl sites for hydroxylation is 1. The lowest BCUT2D eigenvalue weighted by molar-refractivity contribution is -0.0383. The molecule has 4 rings (SSSR count). The van der Waals surface area contributed by atoms with Crippen molar-refractivity contribution in [2.24, 2.45) is 5.92 Å². The number of rotatable bonds is 1. The molecule has 3 heteroatoms. The average Bonchev–Trinajstić information content (AvgIpc) is 2.55. The number of benzene rings is 2. The molecule has 2 aromatic rings. The second-order valence-electron chi connectivity index (χ2n) is 6.38. The van der Waals surface area contributed by atoms with Crippen LogP contribution in [0.1, 0.15) is 41.7 Å². The molecule has 2 aliphatic rings. The molecule has 0 amide bonds. The standard InChI is InChI=1S/C19H21NO2/c1-12-10-15-18(16(21)11-12)20-17(13-6-3-2-4-7-13)14-8-5-9-22-19(14)15/h2-4,6-7,10-11,14,17,19-21H,5,8-9H2,1H3/t14-,17-,19-/m0/s1. The van der Waals surface area contributed by atoms with Gasteiger partial charge in [-0.3, -0.25) is 0 Å². The highest BCUT2D eigenvalue weighted by Gasteiger charge is 2.40. The zero-order valence-corrected chi connectivity index (χ0v) is 12.8. The van der Waals surface area contributed by atoms with Gasteiger partial charge in [-0.25, -0.2) is 0 Å². The normalized spacial score (nSPS) is 26.7. The first-order valence-electron chi connectivity index (χ1n) is 8.00. The lowest BCUT2D eigenvalue weighted by Crippen LogP contribution is -2.36. The predicted molar refractivity (Wildman–Crippen MR) is 87.1 cm³/mol. The highest BCUT2D eigenvalue weighted by molar-refractivity contribution is 5.66. The molecular formula is C19H21NO2. The van der Waals surface area contributed by atoms with Crippen LogP contribution < -0.4 is 5.32 Å². The summed E-state index contributed by atoms with van der Waals surface area (Å²) in [6.07, 6.45) is 2.31. The Bertz CT molecular complexity index is 683. The Balaban J connectivity index is 1.83. The molecule has 2 heterocycles. The summed E-state index contributed by atoms with van der Waals surface area (Å²) >= 11 is 0. The molecule has 2 aliphatic heterocycles. The summed E-state index contributed by atoms with van der Waals surface area (Å²) in [5, 5.41) is 14.0. The van der Waals surface area contributed by atoms with Crippen molar-refractivity contribution < 1.29 is 9.84 Å². The van der Waals surface area contributed by atoms with Gasteiger partial charge in [0.2, 0.25) is 0 Å². The summed E-state index contributed by atoms with van der Waals surface area (Å²) in [6.45, 7) is 2.82. The Morgan fingerprint density at radius 3 is 2.82 bits per heavy atom. The highest BCUT2D eigenvalue weighted by atomic mass is 16.5. The fourth-order valence-electron chi connectivity index (χ4n) is 3.90. The quantitative estimate of drug-likeness (QED) is 0.769. The lowest BCUT2D eigenvalue weighted by atomic mass is 9.77. The number of phenols is 1. The van der Waals surface area contributed by atoms with E-state index in [0.29, 0.717) is 11.7 Å². The maximum atomic E-state index is 10.4. The molecular weight excluding hydrogens is 274 g/mol. The number of aromatic hydroxyl groups is 1. The molecule has 3 nitrogen and oxygen atoms in total. The fraction of sp³-hybridized carbons (Fsp3) is 0.368. The third-order valence-corrected chi connectivity index (χ3v) is 4.85. The molecule has 2 N–H and O–H groups in total. The molecule has 3 atom stereocenters. The molecule has 0 saturated carbocycles. The maximum absolute atomic E-state index is 10.4. The molecule has 114 valence electrons. The van der Waals surface area contributed by atoms with Crippen molar-refractivity contribution in [3.8, 4) is 5.75 Å². The minimum absolute atomic E-state index is 0.0704. The third kappa shape index (κ3) is 2.17. The van der Waals surface area contributed by atoms with Crippen molar-refractivity contribution in [1.82, 2.24) is 0 Å². The van der Waals surface area contributed by atoms with Crippen LogP contribution in [0.25, 0.3) is 0 Å². The maximum Gasteiger partial charge on any atom is 0.139 e. The number of fused-ring (bicyclic) bond motifs is 3. The molecule has 1 fully saturated rings. The van der Waals surface area contributed by atoms with E-state index in [1.54, 1.807) is 0 Å². The Morgan fingerprint density at radius 1 is 1.18 bits per heavy atom. The summed E-state index contributed by atoms with van der Waals surface area (Å²) in [5.41, 5.74) is 4.27. The molecule has 1 saturated heterocycles. The zero-order chi connectivity index (χ0) is 15.1. The monoisotopic (exact) mass is 295 g/mol. The highest BCUT2D eigenvalue weighted by Crippen LogP contribution is 2.51. The summed E-state index contributed by atoms with van der Waals surface area (Å²) in [5.74, 6) is 0.730. The lowest BCUT2D eigenvalue weighted by Gasteiger charge is -2.43. The largest absolute Gasteiger partial charge is 0.506 e. The van der Waals surface area contributed by atoms with E-state index in [2.05, 4.69) is 35.6 Å². The summed E-state index contributed by atoms with van der Waals surface area (Å²) in [4.78, 5) is 0. The number of anilines is 1. The van der Waals surface area contributed by atoms with Gasteiger partial charge in [0.1, 0.15) is 5.75 Å². The SMILES string of the molecule is Cc1cc(O)c2c(c1)[C@H]1OCCC[C@H]1[C@H](c1ccccc1)N2. The molecule has 22 heavy (non-hydrogen) atoms. The van der Waals surface area contributed by atoms with Crippen LogP contribution in [-0.4, -0.2) is 11.7 Å². The zero-order valence-electron chi connectivity index (χ0n) is 12.8. The topological polar surface area (TPSA) is 41.5 Å². The Morgan fingerprint density at radius 2 is 2.00 bits per heavy atom. The second kappa shape index (κ2) is 5.33. The molecule has 0 radical (unpaired) electrons. The summed E-state index contributed by atoms with van der Waals surface area (Å²) in [6, 6.07) is 14.6. The molecule has 2 aromatic carbocycles. The van der Waals surface area contributed by atoms with Crippen molar-refractivity contribution in [1.29, 1.82) is 0 Å². The van der Waals surface area contributed by atoms with Gasteiger partial charge in [0.25, 0.3) is 0 Å². The number of hydrogen-bond donors (Lipinski definition) is 2. The van der Waals surface area contributed by atoms with Gasteiger partial charge in [0.15, 0.2) is 0 Å². The van der Waals surface area contributed by atoms with E-state index in [1.165, 1.54) is 5.56 Å². The Labute approximate surface area is 130 Å². The van der Waals surface area contributed by atoms with E-state index in [1.807, 2.05) is 19.1 Å². The van der Waals surface area contributed by atoms with Gasteiger partial charge in [0, 0.05) is 18.1 Å². The van der Waals surface area contributed by atoms with E-state index < -0.39 is 0 Å². The number of ether oxygens (including phenoxy) is 1. The van der Waals surface area contributed by atoms with Gasteiger partial charge in [-0.1, -0.05) is 36.4 Å². The smallest absolute Gasteiger partial charge is 0.139 e. The van der Waals surface area contributed by atoms with Gasteiger partial charge in [-0.05, 0) is 37.0 Å². The average molecular weight is 295 g/mol. The molecule has 0 unspecified atom stereocenters. The summed E-state index contributed by atoms with van der Waals surface area (Å²) < 4.78 is 6.12. The van der Waals surface area contributed by atoms with E-state index in [0.717, 1.165) is 36.3 Å². The number of nitrogens with one attached hydrogen (secondary N) is 1. The van der Waals surface area contributed by atoms with E-state index in [9.17, 15) is 5.11 Å². The van der Waals surface area contributed by atoms with Crippen molar-refractivity contribution in [2.75, 3.05) is 11.9 Å². The van der Waals surface area contributed by atoms with Crippen LogP contribution in [0.4, 0.5) is 5.69 Å². The van der Waals surface area contributed by atoms with E-state index >= 15 is 0 Å². The van der Waals surface area contributed by atoms with Crippen LogP contribution in [0.3, 0.4) is 0 Å². The first-order valence-corrected chi connectivity index (χ1v) is 8.00. The van der Waals surface area contributed by atoms with Crippen molar-refractivity contribution in [2.45, 2.75) is 31.9 Å². The first kappa shape index (κ1) is 13.6. The first-order chi connectivity index (χ1) is 10.7. The van der Waals surface area contributed by atoms with Crippen LogP contribution in [0.5, 0.6) is 5.75 Å². The van der Waals surface area contributed by atoms with Gasteiger partial charge < -0.3 is 15.2 Å². The van der Waals surface area contributed by atoms with E-state index in [-0.39, 0.29) is 12.1 Å². The number of phenolic OH excluding ortho intramolecular Hbond substituents is 1. The van der Waals surface area contributed by atoms with Gasteiger partial charge in [0.05, 0.1) is 17.8 Å². The minimum atomic E-state index is 0.0704. The van der Waals surface area contributed by atoms with Crippen LogP contribution in [0, 0.1) is 12.8 Å². The van der Waals surface area contributed by atoms with Gasteiger partial charge in [-0.15, -0.1) is 0 Å². The van der Waals surface area contributed by atoms with Crippen LogP contribution in [-0.2, 0) is 4.74 Å². The molecule has 0 spiro atoms. The molecule has 0 bridgehead atoms. The Kier molecular flexibility index (Phi) is 3.30. The van der Waals surface area contributed by atoms with Crippen LogP contribution in [0.15, 0.2) is 42.5 Å². The van der Waals surface area contributed by atoms with Gasteiger partial charge in [-0.2, -0.15) is 0 Å². The van der Waals surface area contributed by atoms with E-state index in [4.69, 9.17) is 4.74 Å². The third-order valence-electron chi connectivity index (χ3n) is 4.85. The molecule has 0 aliphatic carbocycles. The molecule has 0 aromatic heterocycles. The second-order valence-corrected chi connectivity index (χ2v) is 6.38. The van der Waals surface area contributed by atoms with Gasteiger partial charge >= 0.3 is 0 Å². The fourth-order valence-corrected chi connectivity index (χ4v) is 3.90. The predicted octanol–water partition coefficient (Wildman–Crippen LogP) is 4.34. The van der Waals surface area contributed by atoms with Crippen molar-refractivity contribution >= 4 is 5.69 Å². The summed E-state index contributed by atoms with van der Waals surface area (Å²) in [7, 11) is 0. The van der Waals surface area contributed by atoms with Crippen LogP contribution >= 0.6 is 0 Å². The van der Waals surface area contributed by atoms with Crippen molar-refractivity contribution in [3.05, 3.63) is 59.2 Å².